The molecule has 1 aromatic heterocycles. The smallest absolute Gasteiger partial charge is 0.0852 e. The van der Waals surface area contributed by atoms with Crippen molar-refractivity contribution in [1.82, 2.24) is 4.98 Å². The lowest BCUT2D eigenvalue weighted by Crippen LogP contribution is -2.16. The molecule has 3 N–H and O–H groups in total. The van der Waals surface area contributed by atoms with Gasteiger partial charge in [0.15, 0.2) is 0 Å². The Balaban J connectivity index is 2.79. The molecule has 3 nitrogen and oxygen atoms in total. The largest absolute Gasteiger partial charge is 0.390 e. The van der Waals surface area contributed by atoms with E-state index in [1.807, 2.05) is 6.07 Å². The van der Waals surface area contributed by atoms with Crippen LogP contribution in [0.1, 0.15) is 31.1 Å². The summed E-state index contributed by atoms with van der Waals surface area (Å²) in [5, 5.41) is 8.78. The van der Waals surface area contributed by atoms with Gasteiger partial charge in [-0.3, -0.25) is 4.98 Å². The van der Waals surface area contributed by atoms with Gasteiger partial charge in [0.1, 0.15) is 0 Å². The highest BCUT2D eigenvalue weighted by molar-refractivity contribution is 5.17. The first kappa shape index (κ1) is 10.2. The van der Waals surface area contributed by atoms with Crippen molar-refractivity contribution in [2.45, 2.75) is 26.5 Å². The fraction of sp³-hybridized carbons (Fsp3) is 0.500. The van der Waals surface area contributed by atoms with Gasteiger partial charge in [-0.15, -0.1) is 0 Å². The lowest BCUT2D eigenvalue weighted by molar-refractivity contribution is 0.276. The van der Waals surface area contributed by atoms with Crippen molar-refractivity contribution in [2.24, 2.45) is 11.7 Å². The zero-order valence-corrected chi connectivity index (χ0v) is 8.07. The number of hydrogen-bond acceptors (Lipinski definition) is 3. The Labute approximate surface area is 78.6 Å². The number of nitrogens with zero attached hydrogens (tertiary/aromatic N) is 1. The molecule has 1 atom stereocenters. The fourth-order valence-corrected chi connectivity index (χ4v) is 1.11. The summed E-state index contributed by atoms with van der Waals surface area (Å²) in [6, 6.07) is 3.75. The minimum atomic E-state index is -0.0167. The highest BCUT2D eigenvalue weighted by atomic mass is 16.3. The van der Waals surface area contributed by atoms with E-state index in [2.05, 4.69) is 18.8 Å². The normalized spacial score (nSPS) is 13.3. The van der Waals surface area contributed by atoms with Crippen molar-refractivity contribution in [1.29, 1.82) is 0 Å². The van der Waals surface area contributed by atoms with Crippen LogP contribution in [0.15, 0.2) is 18.3 Å². The maximum absolute atomic E-state index is 8.78. The Morgan fingerprint density at radius 3 is 2.54 bits per heavy atom. The molecule has 0 aromatic carbocycles. The number of hydrogen-bond donors (Lipinski definition) is 2. The standard InChI is InChI=1S/C10H16N2O/c1-7(2)10(11)8-3-4-9(6-13)12-5-8/h3-5,7,10,13H,6,11H2,1-2H3. The number of rotatable bonds is 3. The number of pyridine rings is 1. The van der Waals surface area contributed by atoms with E-state index in [0.717, 1.165) is 5.56 Å². The second-order valence-electron chi connectivity index (χ2n) is 3.51. The summed E-state index contributed by atoms with van der Waals surface area (Å²) in [6.07, 6.45) is 1.73. The molecule has 1 rings (SSSR count). The second-order valence-corrected chi connectivity index (χ2v) is 3.51. The van der Waals surface area contributed by atoms with Gasteiger partial charge in [0.2, 0.25) is 0 Å². The quantitative estimate of drug-likeness (QED) is 0.735. The molecular formula is C10H16N2O. The fourth-order valence-electron chi connectivity index (χ4n) is 1.11. The Hall–Kier alpha value is -0.930. The van der Waals surface area contributed by atoms with Gasteiger partial charge in [-0.1, -0.05) is 19.9 Å². The molecular weight excluding hydrogens is 164 g/mol. The molecule has 13 heavy (non-hydrogen) atoms. The number of aliphatic hydroxyl groups is 1. The van der Waals surface area contributed by atoms with Gasteiger partial charge in [-0.2, -0.15) is 0 Å². The van der Waals surface area contributed by atoms with E-state index in [9.17, 15) is 0 Å². The zero-order chi connectivity index (χ0) is 9.84. The van der Waals surface area contributed by atoms with Gasteiger partial charge >= 0.3 is 0 Å². The lowest BCUT2D eigenvalue weighted by Gasteiger charge is -2.15. The summed E-state index contributed by atoms with van der Waals surface area (Å²) in [6.45, 7) is 4.13. The molecule has 0 saturated carbocycles. The van der Waals surface area contributed by atoms with Crippen LogP contribution in [0.3, 0.4) is 0 Å². The second kappa shape index (κ2) is 4.35. The highest BCUT2D eigenvalue weighted by Gasteiger charge is 2.09. The van der Waals surface area contributed by atoms with E-state index in [1.54, 1.807) is 12.3 Å². The lowest BCUT2D eigenvalue weighted by atomic mass is 9.98. The van der Waals surface area contributed by atoms with Crippen molar-refractivity contribution in [3.8, 4) is 0 Å². The topological polar surface area (TPSA) is 59.1 Å². The predicted octanol–water partition coefficient (Wildman–Crippen LogP) is 1.23. The molecule has 72 valence electrons. The molecule has 0 fully saturated rings. The molecule has 0 spiro atoms. The summed E-state index contributed by atoms with van der Waals surface area (Å²) < 4.78 is 0. The van der Waals surface area contributed by atoms with Crippen LogP contribution in [-0.2, 0) is 6.61 Å². The summed E-state index contributed by atoms with van der Waals surface area (Å²) in [7, 11) is 0. The maximum Gasteiger partial charge on any atom is 0.0852 e. The third-order valence-corrected chi connectivity index (χ3v) is 2.11. The Morgan fingerprint density at radius 2 is 2.15 bits per heavy atom. The first-order valence-corrected chi connectivity index (χ1v) is 4.46. The summed E-state index contributed by atoms with van der Waals surface area (Å²) in [5.74, 6) is 0.404. The van der Waals surface area contributed by atoms with Crippen LogP contribution in [0.4, 0.5) is 0 Å². The van der Waals surface area contributed by atoms with Gasteiger partial charge in [-0.05, 0) is 17.5 Å². The third-order valence-electron chi connectivity index (χ3n) is 2.11. The van der Waals surface area contributed by atoms with Crippen LogP contribution >= 0.6 is 0 Å². The Morgan fingerprint density at radius 1 is 1.46 bits per heavy atom. The maximum atomic E-state index is 8.78. The van der Waals surface area contributed by atoms with E-state index in [1.165, 1.54) is 0 Å². The molecule has 1 aromatic rings. The van der Waals surface area contributed by atoms with E-state index >= 15 is 0 Å². The van der Waals surface area contributed by atoms with Crippen LogP contribution in [0.5, 0.6) is 0 Å². The van der Waals surface area contributed by atoms with Crippen molar-refractivity contribution in [3.05, 3.63) is 29.6 Å². The van der Waals surface area contributed by atoms with Crippen LogP contribution in [0, 0.1) is 5.92 Å². The monoisotopic (exact) mass is 180 g/mol. The van der Waals surface area contributed by atoms with E-state index in [0.29, 0.717) is 11.6 Å². The van der Waals surface area contributed by atoms with Gasteiger partial charge in [0.05, 0.1) is 12.3 Å². The highest BCUT2D eigenvalue weighted by Crippen LogP contribution is 2.17. The summed E-state index contributed by atoms with van der Waals surface area (Å²) in [4.78, 5) is 4.07. The van der Waals surface area contributed by atoms with Crippen molar-refractivity contribution >= 4 is 0 Å². The molecule has 0 aliphatic carbocycles. The Bertz CT molecular complexity index is 256. The molecule has 0 radical (unpaired) electrons. The van der Waals surface area contributed by atoms with Crippen molar-refractivity contribution in [3.63, 3.8) is 0 Å². The van der Waals surface area contributed by atoms with Crippen LogP contribution in [0.2, 0.25) is 0 Å². The molecule has 1 unspecified atom stereocenters. The van der Waals surface area contributed by atoms with Crippen LogP contribution in [-0.4, -0.2) is 10.1 Å². The number of aliphatic hydroxyl groups excluding tert-OH is 1. The van der Waals surface area contributed by atoms with E-state index in [-0.39, 0.29) is 12.6 Å². The zero-order valence-electron chi connectivity index (χ0n) is 8.07. The summed E-state index contributed by atoms with van der Waals surface area (Å²) in [5.41, 5.74) is 7.63. The van der Waals surface area contributed by atoms with Crippen LogP contribution < -0.4 is 5.73 Å². The number of aromatic nitrogens is 1. The average molecular weight is 180 g/mol. The van der Waals surface area contributed by atoms with Crippen molar-refractivity contribution in [2.75, 3.05) is 0 Å². The number of nitrogens with two attached hydrogens (primary N) is 1. The van der Waals surface area contributed by atoms with Crippen molar-refractivity contribution < 1.29 is 5.11 Å². The first-order chi connectivity index (χ1) is 6.15. The SMILES string of the molecule is CC(C)C(N)c1ccc(CO)nc1. The minimum absolute atomic E-state index is 0.0167. The minimum Gasteiger partial charge on any atom is -0.390 e. The first-order valence-electron chi connectivity index (χ1n) is 4.46. The van der Waals surface area contributed by atoms with Gasteiger partial charge in [0.25, 0.3) is 0 Å². The molecule has 0 bridgehead atoms. The molecule has 0 amide bonds. The third kappa shape index (κ3) is 2.50. The average Bonchev–Trinajstić information content (AvgIpc) is 2.17. The molecule has 0 saturated heterocycles. The molecule has 3 heteroatoms. The summed E-state index contributed by atoms with van der Waals surface area (Å²) >= 11 is 0. The molecule has 0 aliphatic heterocycles. The Kier molecular flexibility index (Phi) is 3.39. The van der Waals surface area contributed by atoms with Gasteiger partial charge in [0, 0.05) is 12.2 Å². The van der Waals surface area contributed by atoms with Gasteiger partial charge < -0.3 is 10.8 Å². The molecule has 1 heterocycles. The van der Waals surface area contributed by atoms with Gasteiger partial charge in [-0.25, -0.2) is 0 Å². The predicted molar refractivity (Wildman–Crippen MR) is 51.9 cm³/mol. The van der Waals surface area contributed by atoms with E-state index in [4.69, 9.17) is 10.8 Å². The van der Waals surface area contributed by atoms with Crippen LogP contribution in [0.25, 0.3) is 0 Å². The molecule has 0 aliphatic rings. The van der Waals surface area contributed by atoms with E-state index < -0.39 is 0 Å².